The van der Waals surface area contributed by atoms with E-state index in [0.29, 0.717) is 12.2 Å². The van der Waals surface area contributed by atoms with Crippen LogP contribution in [0.4, 0.5) is 0 Å². The van der Waals surface area contributed by atoms with Gasteiger partial charge in [-0.05, 0) is 36.2 Å². The van der Waals surface area contributed by atoms with Gasteiger partial charge in [0.15, 0.2) is 14.1 Å². The molecule has 0 heterocycles. The van der Waals surface area contributed by atoms with E-state index in [4.69, 9.17) is 4.43 Å². The van der Waals surface area contributed by atoms with E-state index in [1.54, 1.807) is 13.0 Å². The van der Waals surface area contributed by atoms with Crippen molar-refractivity contribution in [1.82, 2.24) is 0 Å². The van der Waals surface area contributed by atoms with Crippen LogP contribution in [0.1, 0.15) is 45.6 Å². The summed E-state index contributed by atoms with van der Waals surface area (Å²) in [6.45, 7) is 12.8. The van der Waals surface area contributed by atoms with Gasteiger partial charge in [-0.15, -0.1) is 0 Å². The van der Waals surface area contributed by atoms with E-state index in [1.807, 2.05) is 30.3 Å². The number of nitrogens with zero attached hydrogens (tertiary/aromatic N) is 1. The predicted molar refractivity (Wildman–Crippen MR) is 108 cm³/mol. The first-order valence-corrected chi connectivity index (χ1v) is 11.9. The highest BCUT2D eigenvalue weighted by atomic mass is 28.4. The Labute approximate surface area is 157 Å². The SMILES string of the molecule is C/C(=C/CO[Si](C)(C)C(C)(C)C)C(=O)C[C@@H](C[N+](=O)[O-])c1ccccc1. The number of allylic oxidation sites excluding steroid dienone is 1. The molecule has 1 rings (SSSR count). The third-order valence-corrected chi connectivity index (χ3v) is 9.65. The zero-order valence-electron chi connectivity index (χ0n) is 16.7. The molecule has 1 aromatic carbocycles. The van der Waals surface area contributed by atoms with Crippen molar-refractivity contribution in [3.8, 4) is 0 Å². The maximum atomic E-state index is 12.5. The summed E-state index contributed by atoms with van der Waals surface area (Å²) in [7, 11) is -1.86. The summed E-state index contributed by atoms with van der Waals surface area (Å²) < 4.78 is 6.07. The number of Topliss-reactive ketones (excluding diaryl/α,β-unsaturated/α-hetero) is 1. The molecule has 0 saturated carbocycles. The number of carbonyl (C=O) groups is 1. The maximum absolute atomic E-state index is 12.5. The second-order valence-corrected chi connectivity index (χ2v) is 13.0. The van der Waals surface area contributed by atoms with Crippen LogP contribution in [0.2, 0.25) is 18.1 Å². The fourth-order valence-corrected chi connectivity index (χ4v) is 3.22. The lowest BCUT2D eigenvalue weighted by Gasteiger charge is -2.35. The van der Waals surface area contributed by atoms with Crippen molar-refractivity contribution in [2.75, 3.05) is 13.2 Å². The normalized spacial score (nSPS) is 14.2. The standard InChI is InChI=1S/C20H31NO4Si/c1-16(12-13-25-26(5,6)20(2,3)4)19(22)14-18(15-21(23)24)17-10-8-7-9-11-17/h7-12,18H,13-15H2,1-6H3/b16-12-/t18-/m0/s1. The molecule has 144 valence electrons. The minimum Gasteiger partial charge on any atom is -0.413 e. The number of nitro groups is 1. The Kier molecular flexibility index (Phi) is 7.90. The van der Waals surface area contributed by atoms with Crippen molar-refractivity contribution in [2.24, 2.45) is 0 Å². The molecular weight excluding hydrogens is 346 g/mol. The second kappa shape index (κ2) is 9.23. The molecule has 6 heteroatoms. The van der Waals surface area contributed by atoms with Crippen molar-refractivity contribution in [1.29, 1.82) is 0 Å². The molecule has 1 atom stereocenters. The Morgan fingerprint density at radius 2 is 1.85 bits per heavy atom. The van der Waals surface area contributed by atoms with E-state index in [9.17, 15) is 14.9 Å². The van der Waals surface area contributed by atoms with Crippen molar-refractivity contribution >= 4 is 14.1 Å². The lowest BCUT2D eigenvalue weighted by atomic mass is 9.92. The molecule has 26 heavy (non-hydrogen) atoms. The molecule has 0 N–H and O–H groups in total. The van der Waals surface area contributed by atoms with Crippen LogP contribution in [0.3, 0.4) is 0 Å². The van der Waals surface area contributed by atoms with E-state index in [-0.39, 0.29) is 28.7 Å². The van der Waals surface area contributed by atoms with Gasteiger partial charge < -0.3 is 4.43 Å². The fraction of sp³-hybridized carbons (Fsp3) is 0.550. The van der Waals surface area contributed by atoms with E-state index < -0.39 is 14.2 Å². The summed E-state index contributed by atoms with van der Waals surface area (Å²) in [6, 6.07) is 9.20. The van der Waals surface area contributed by atoms with Crippen LogP contribution in [0.5, 0.6) is 0 Å². The Bertz CT molecular complexity index is 648. The number of rotatable bonds is 9. The summed E-state index contributed by atoms with van der Waals surface area (Å²) in [5, 5.41) is 11.1. The average Bonchev–Trinajstić information content (AvgIpc) is 2.53. The van der Waals surface area contributed by atoms with Gasteiger partial charge >= 0.3 is 0 Å². The molecule has 0 unspecified atom stereocenters. The van der Waals surface area contributed by atoms with E-state index in [1.165, 1.54) is 0 Å². The van der Waals surface area contributed by atoms with Gasteiger partial charge in [-0.1, -0.05) is 57.2 Å². The Morgan fingerprint density at radius 1 is 1.27 bits per heavy atom. The van der Waals surface area contributed by atoms with Crippen molar-refractivity contribution in [3.05, 3.63) is 57.7 Å². The first kappa shape index (κ1) is 22.2. The Morgan fingerprint density at radius 3 is 2.35 bits per heavy atom. The molecule has 5 nitrogen and oxygen atoms in total. The summed E-state index contributed by atoms with van der Waals surface area (Å²) in [5.74, 6) is -0.483. The zero-order valence-corrected chi connectivity index (χ0v) is 17.7. The Hall–Kier alpha value is -1.79. The third kappa shape index (κ3) is 6.84. The smallest absolute Gasteiger partial charge is 0.211 e. The number of hydrogen-bond acceptors (Lipinski definition) is 4. The highest BCUT2D eigenvalue weighted by molar-refractivity contribution is 6.74. The second-order valence-electron chi connectivity index (χ2n) is 8.21. The lowest BCUT2D eigenvalue weighted by molar-refractivity contribution is -0.483. The van der Waals surface area contributed by atoms with Crippen LogP contribution in [-0.2, 0) is 9.22 Å². The molecular formula is C20H31NO4Si. The van der Waals surface area contributed by atoms with Gasteiger partial charge in [-0.25, -0.2) is 0 Å². The maximum Gasteiger partial charge on any atom is 0.211 e. The van der Waals surface area contributed by atoms with Gasteiger partial charge in [0, 0.05) is 11.3 Å². The molecule has 0 aromatic heterocycles. The monoisotopic (exact) mass is 377 g/mol. The first-order chi connectivity index (χ1) is 11.9. The third-order valence-electron chi connectivity index (χ3n) is 5.15. The minimum absolute atomic E-state index is 0.0699. The van der Waals surface area contributed by atoms with Crippen LogP contribution in [0.25, 0.3) is 0 Å². The molecule has 0 fully saturated rings. The molecule has 0 aliphatic heterocycles. The van der Waals surface area contributed by atoms with E-state index >= 15 is 0 Å². The highest BCUT2D eigenvalue weighted by Gasteiger charge is 2.36. The predicted octanol–water partition coefficient (Wildman–Crippen LogP) is 4.97. The summed E-state index contributed by atoms with van der Waals surface area (Å²) in [4.78, 5) is 23.1. The summed E-state index contributed by atoms with van der Waals surface area (Å²) in [6.07, 6.45) is 1.93. The van der Waals surface area contributed by atoms with Crippen LogP contribution in [0, 0.1) is 10.1 Å². The van der Waals surface area contributed by atoms with Crippen LogP contribution in [-0.4, -0.2) is 32.2 Å². The van der Waals surface area contributed by atoms with Gasteiger partial charge in [0.2, 0.25) is 6.54 Å². The fourth-order valence-electron chi connectivity index (χ4n) is 2.28. The van der Waals surface area contributed by atoms with Gasteiger partial charge in [-0.2, -0.15) is 0 Å². The molecule has 1 aromatic rings. The van der Waals surface area contributed by atoms with Gasteiger partial charge in [0.25, 0.3) is 0 Å². The minimum atomic E-state index is -1.86. The van der Waals surface area contributed by atoms with E-state index in [0.717, 1.165) is 5.56 Å². The molecule has 0 amide bonds. The van der Waals surface area contributed by atoms with Gasteiger partial charge in [0.1, 0.15) is 0 Å². The van der Waals surface area contributed by atoms with E-state index in [2.05, 4.69) is 33.9 Å². The first-order valence-electron chi connectivity index (χ1n) is 8.94. The molecule has 0 aliphatic carbocycles. The quantitative estimate of drug-likeness (QED) is 0.263. The number of ketones is 1. The molecule has 0 spiro atoms. The number of benzene rings is 1. The van der Waals surface area contributed by atoms with Crippen LogP contribution in [0.15, 0.2) is 42.0 Å². The van der Waals surface area contributed by atoms with Crippen molar-refractivity contribution in [2.45, 2.75) is 58.2 Å². The highest BCUT2D eigenvalue weighted by Crippen LogP contribution is 2.36. The largest absolute Gasteiger partial charge is 0.413 e. The molecule has 0 aliphatic rings. The van der Waals surface area contributed by atoms with Crippen LogP contribution >= 0.6 is 0 Å². The zero-order chi connectivity index (χ0) is 20.0. The molecule has 0 saturated heterocycles. The molecule has 0 radical (unpaired) electrons. The average molecular weight is 378 g/mol. The summed E-state index contributed by atoms with van der Waals surface area (Å²) in [5.41, 5.74) is 1.43. The van der Waals surface area contributed by atoms with Crippen molar-refractivity contribution in [3.63, 3.8) is 0 Å². The topological polar surface area (TPSA) is 69.4 Å². The number of carbonyl (C=O) groups excluding carboxylic acids is 1. The van der Waals surface area contributed by atoms with Crippen molar-refractivity contribution < 1.29 is 14.1 Å². The lowest BCUT2D eigenvalue weighted by Crippen LogP contribution is -2.40. The van der Waals surface area contributed by atoms with Gasteiger partial charge in [-0.3, -0.25) is 14.9 Å². The Balaban J connectivity index is 2.75. The summed E-state index contributed by atoms with van der Waals surface area (Å²) >= 11 is 0. The van der Waals surface area contributed by atoms with Gasteiger partial charge in [0.05, 0.1) is 12.5 Å². The molecule has 0 bridgehead atoms. The van der Waals surface area contributed by atoms with Crippen LogP contribution < -0.4 is 0 Å². The number of hydrogen-bond donors (Lipinski definition) is 0.